The lowest BCUT2D eigenvalue weighted by atomic mass is 10.3. The molecular formula is C10H7BrClN5O3. The van der Waals surface area contributed by atoms with Crippen LogP contribution in [0.2, 0.25) is 5.02 Å². The molecule has 20 heavy (non-hydrogen) atoms. The second kappa shape index (κ2) is 5.99. The zero-order chi connectivity index (χ0) is 14.7. The van der Waals surface area contributed by atoms with Crippen LogP contribution in [0.1, 0.15) is 0 Å². The number of halogens is 2. The van der Waals surface area contributed by atoms with Crippen LogP contribution in [0, 0.1) is 10.1 Å². The molecule has 0 saturated heterocycles. The Bertz CT molecular complexity index is 669. The molecule has 0 bridgehead atoms. The minimum absolute atomic E-state index is 0.148. The molecule has 0 amide bonds. The van der Waals surface area contributed by atoms with Crippen molar-refractivity contribution in [2.24, 2.45) is 5.84 Å². The van der Waals surface area contributed by atoms with Crippen LogP contribution >= 0.6 is 27.5 Å². The van der Waals surface area contributed by atoms with Gasteiger partial charge in [-0.15, -0.1) is 0 Å². The zero-order valence-corrected chi connectivity index (χ0v) is 12.1. The zero-order valence-electron chi connectivity index (χ0n) is 9.71. The first-order chi connectivity index (χ1) is 9.52. The van der Waals surface area contributed by atoms with E-state index in [0.29, 0.717) is 15.2 Å². The third kappa shape index (κ3) is 2.95. The molecule has 8 nitrogen and oxygen atoms in total. The van der Waals surface area contributed by atoms with Crippen molar-refractivity contribution in [2.45, 2.75) is 0 Å². The predicted molar refractivity (Wildman–Crippen MR) is 75.7 cm³/mol. The molecule has 2 rings (SSSR count). The van der Waals surface area contributed by atoms with Crippen molar-refractivity contribution in [1.29, 1.82) is 0 Å². The standard InChI is InChI=1S/C10H7BrClN5O3/c11-6-3-5(12)1-2-7(6)20-10-8(17(18)19)9(16-13)14-4-15-10/h1-4H,13H2,(H,14,15,16). The summed E-state index contributed by atoms with van der Waals surface area (Å²) in [6.45, 7) is 0. The van der Waals surface area contributed by atoms with Gasteiger partial charge >= 0.3 is 11.6 Å². The molecule has 0 unspecified atom stereocenters. The Labute approximate surface area is 126 Å². The van der Waals surface area contributed by atoms with E-state index in [1.165, 1.54) is 0 Å². The van der Waals surface area contributed by atoms with Crippen molar-refractivity contribution in [2.75, 3.05) is 5.43 Å². The van der Waals surface area contributed by atoms with Crippen molar-refractivity contribution in [3.63, 3.8) is 0 Å². The normalized spacial score (nSPS) is 10.2. The van der Waals surface area contributed by atoms with Gasteiger partial charge in [0.2, 0.25) is 5.82 Å². The monoisotopic (exact) mass is 359 g/mol. The molecule has 0 saturated carbocycles. The predicted octanol–water partition coefficient (Wildman–Crippen LogP) is 2.88. The Morgan fingerprint density at radius 2 is 2.20 bits per heavy atom. The number of benzene rings is 1. The van der Waals surface area contributed by atoms with Crippen LogP contribution < -0.4 is 16.0 Å². The van der Waals surface area contributed by atoms with Crippen LogP contribution in [0.25, 0.3) is 0 Å². The maximum absolute atomic E-state index is 11.0. The number of hydrogen-bond donors (Lipinski definition) is 2. The number of nitrogens with two attached hydrogens (primary N) is 1. The van der Waals surface area contributed by atoms with Crippen molar-refractivity contribution in [3.8, 4) is 11.6 Å². The molecule has 1 aromatic carbocycles. The molecule has 0 aliphatic carbocycles. The van der Waals surface area contributed by atoms with Gasteiger partial charge in [0.05, 0.1) is 9.40 Å². The topological polar surface area (TPSA) is 116 Å². The van der Waals surface area contributed by atoms with Crippen LogP contribution in [0.3, 0.4) is 0 Å². The van der Waals surface area contributed by atoms with Gasteiger partial charge in [-0.2, -0.15) is 4.98 Å². The second-order valence-corrected chi connectivity index (χ2v) is 4.75. The third-order valence-electron chi connectivity index (χ3n) is 2.21. The van der Waals surface area contributed by atoms with Crippen LogP contribution in [-0.2, 0) is 0 Å². The van der Waals surface area contributed by atoms with Gasteiger partial charge < -0.3 is 10.2 Å². The van der Waals surface area contributed by atoms with Gasteiger partial charge in [-0.3, -0.25) is 10.1 Å². The highest BCUT2D eigenvalue weighted by Gasteiger charge is 2.25. The number of anilines is 1. The lowest BCUT2D eigenvalue weighted by Crippen LogP contribution is -2.12. The first kappa shape index (κ1) is 14.4. The van der Waals surface area contributed by atoms with Crippen LogP contribution in [0.5, 0.6) is 11.6 Å². The molecule has 3 N–H and O–H groups in total. The SMILES string of the molecule is NNc1ncnc(Oc2ccc(Cl)cc2Br)c1[N+](=O)[O-]. The first-order valence-electron chi connectivity index (χ1n) is 5.12. The van der Waals surface area contributed by atoms with Gasteiger partial charge in [0.25, 0.3) is 0 Å². The van der Waals surface area contributed by atoms with Crippen molar-refractivity contribution >= 4 is 39.0 Å². The Balaban J connectivity index is 2.45. The van der Waals surface area contributed by atoms with Gasteiger partial charge in [0.15, 0.2) is 0 Å². The molecule has 0 aliphatic rings. The molecule has 0 fully saturated rings. The Morgan fingerprint density at radius 3 is 2.80 bits per heavy atom. The fourth-order valence-electron chi connectivity index (χ4n) is 1.37. The van der Waals surface area contributed by atoms with Gasteiger partial charge in [-0.05, 0) is 34.1 Å². The summed E-state index contributed by atoms with van der Waals surface area (Å²) < 4.78 is 5.93. The van der Waals surface area contributed by atoms with Crippen molar-refractivity contribution < 1.29 is 9.66 Å². The first-order valence-corrected chi connectivity index (χ1v) is 6.29. The minimum atomic E-state index is -0.686. The summed E-state index contributed by atoms with van der Waals surface area (Å²) in [6.07, 6.45) is 1.10. The highest BCUT2D eigenvalue weighted by atomic mass is 79.9. The van der Waals surface area contributed by atoms with Gasteiger partial charge in [-0.25, -0.2) is 10.8 Å². The summed E-state index contributed by atoms with van der Waals surface area (Å²) >= 11 is 9.04. The van der Waals surface area contributed by atoms with E-state index in [1.54, 1.807) is 18.2 Å². The fraction of sp³-hybridized carbons (Fsp3) is 0. The van der Waals surface area contributed by atoms with Gasteiger partial charge in [-0.1, -0.05) is 11.6 Å². The Kier molecular flexibility index (Phi) is 4.32. The molecule has 104 valence electrons. The van der Waals surface area contributed by atoms with E-state index in [9.17, 15) is 10.1 Å². The molecule has 0 aliphatic heterocycles. The quantitative estimate of drug-likeness (QED) is 0.489. The number of nitrogens with one attached hydrogen (secondary N) is 1. The summed E-state index contributed by atoms with van der Waals surface area (Å²) in [7, 11) is 0. The van der Waals surface area contributed by atoms with E-state index < -0.39 is 10.6 Å². The summed E-state index contributed by atoms with van der Waals surface area (Å²) in [6, 6.07) is 4.72. The smallest absolute Gasteiger partial charge is 0.374 e. The van der Waals surface area contributed by atoms with Crippen LogP contribution in [-0.4, -0.2) is 14.9 Å². The average molecular weight is 361 g/mol. The number of rotatable bonds is 4. The van der Waals surface area contributed by atoms with Crippen LogP contribution in [0.15, 0.2) is 29.0 Å². The number of hydrogen-bond acceptors (Lipinski definition) is 7. The van der Waals surface area contributed by atoms with E-state index in [0.717, 1.165) is 6.33 Å². The van der Waals surface area contributed by atoms with Crippen LogP contribution in [0.4, 0.5) is 11.5 Å². The molecule has 1 aromatic heterocycles. The summed E-state index contributed by atoms with van der Waals surface area (Å²) in [4.78, 5) is 17.8. The molecule has 0 radical (unpaired) electrons. The van der Waals surface area contributed by atoms with E-state index >= 15 is 0 Å². The number of ether oxygens (including phenoxy) is 1. The minimum Gasteiger partial charge on any atom is -0.432 e. The molecule has 0 atom stereocenters. The summed E-state index contributed by atoms with van der Waals surface area (Å²) in [5.41, 5.74) is 1.66. The molecule has 0 spiro atoms. The summed E-state index contributed by atoms with van der Waals surface area (Å²) in [5, 5.41) is 11.5. The number of hydrazine groups is 1. The fourth-order valence-corrected chi connectivity index (χ4v) is 2.13. The molecule has 2 aromatic rings. The van der Waals surface area contributed by atoms with E-state index in [1.807, 2.05) is 0 Å². The van der Waals surface area contributed by atoms with Gasteiger partial charge in [0, 0.05) is 5.02 Å². The van der Waals surface area contributed by atoms with E-state index in [2.05, 4.69) is 31.3 Å². The van der Waals surface area contributed by atoms with E-state index in [-0.39, 0.29) is 11.7 Å². The van der Waals surface area contributed by atoms with Gasteiger partial charge in [0.1, 0.15) is 12.1 Å². The number of nitrogen functional groups attached to an aromatic ring is 1. The largest absolute Gasteiger partial charge is 0.432 e. The average Bonchev–Trinajstić information content (AvgIpc) is 2.41. The highest BCUT2D eigenvalue weighted by molar-refractivity contribution is 9.10. The van der Waals surface area contributed by atoms with E-state index in [4.69, 9.17) is 22.2 Å². The number of nitro groups is 1. The molecular weight excluding hydrogens is 353 g/mol. The second-order valence-electron chi connectivity index (χ2n) is 3.45. The highest BCUT2D eigenvalue weighted by Crippen LogP contribution is 2.37. The van der Waals surface area contributed by atoms with Crippen molar-refractivity contribution in [1.82, 2.24) is 9.97 Å². The Hall–Kier alpha value is -1.97. The molecule has 10 heteroatoms. The maximum Gasteiger partial charge on any atom is 0.374 e. The Morgan fingerprint density at radius 1 is 1.45 bits per heavy atom. The number of nitrogens with zero attached hydrogens (tertiary/aromatic N) is 3. The molecule has 1 heterocycles. The lowest BCUT2D eigenvalue weighted by Gasteiger charge is -2.08. The number of aromatic nitrogens is 2. The van der Waals surface area contributed by atoms with Crippen molar-refractivity contribution in [3.05, 3.63) is 44.1 Å². The maximum atomic E-state index is 11.0. The summed E-state index contributed by atoms with van der Waals surface area (Å²) in [5.74, 6) is 5.11. The lowest BCUT2D eigenvalue weighted by molar-refractivity contribution is -0.385. The third-order valence-corrected chi connectivity index (χ3v) is 3.06.